The van der Waals surface area contributed by atoms with Crippen LogP contribution in [0.3, 0.4) is 0 Å². The molecule has 1 fully saturated rings. The van der Waals surface area contributed by atoms with Crippen molar-refractivity contribution in [2.45, 2.75) is 26.8 Å². The van der Waals surface area contributed by atoms with Gasteiger partial charge in [0.2, 0.25) is 0 Å². The molecular weight excluding hydrogens is 196 g/mol. The summed E-state index contributed by atoms with van der Waals surface area (Å²) in [5.41, 5.74) is 0. The number of carbonyl (C=O) groups excluding carboxylic acids is 3. The highest BCUT2D eigenvalue weighted by Crippen LogP contribution is 2.22. The molecule has 1 unspecified atom stereocenters. The van der Waals surface area contributed by atoms with Gasteiger partial charge in [0.15, 0.2) is 0 Å². The monoisotopic (exact) mass is 212 g/mol. The third-order valence-electron chi connectivity index (χ3n) is 2.56. The Balaban J connectivity index is 2.95. The molecule has 1 rings (SSSR count). The molecule has 0 radical (unpaired) electrons. The SMILES string of the molecule is CCN1C(=O)N(CC=O)C(=O)C1C(C)C. The zero-order valence-corrected chi connectivity index (χ0v) is 9.27. The number of amides is 3. The third-order valence-corrected chi connectivity index (χ3v) is 2.56. The van der Waals surface area contributed by atoms with E-state index in [1.165, 1.54) is 4.90 Å². The Labute approximate surface area is 89.0 Å². The zero-order chi connectivity index (χ0) is 11.6. The van der Waals surface area contributed by atoms with Crippen LogP contribution in [0.5, 0.6) is 0 Å². The van der Waals surface area contributed by atoms with Crippen molar-refractivity contribution < 1.29 is 14.4 Å². The summed E-state index contributed by atoms with van der Waals surface area (Å²) in [4.78, 5) is 36.4. The van der Waals surface area contributed by atoms with Crippen LogP contribution >= 0.6 is 0 Å². The van der Waals surface area contributed by atoms with Crippen molar-refractivity contribution in [1.82, 2.24) is 9.80 Å². The molecule has 0 bridgehead atoms. The molecule has 0 aromatic rings. The maximum atomic E-state index is 11.8. The van der Waals surface area contributed by atoms with E-state index in [9.17, 15) is 14.4 Å². The van der Waals surface area contributed by atoms with E-state index in [-0.39, 0.29) is 24.4 Å². The van der Waals surface area contributed by atoms with Gasteiger partial charge >= 0.3 is 6.03 Å². The van der Waals surface area contributed by atoms with E-state index in [1.54, 1.807) is 0 Å². The molecule has 15 heavy (non-hydrogen) atoms. The number of nitrogens with zero attached hydrogens (tertiary/aromatic N) is 2. The predicted molar refractivity (Wildman–Crippen MR) is 54.2 cm³/mol. The average molecular weight is 212 g/mol. The van der Waals surface area contributed by atoms with Crippen LogP contribution in [0.4, 0.5) is 4.79 Å². The molecule has 5 heteroatoms. The summed E-state index contributed by atoms with van der Waals surface area (Å²) in [6.45, 7) is 5.96. The molecule has 1 saturated heterocycles. The molecule has 1 atom stereocenters. The molecule has 5 nitrogen and oxygen atoms in total. The Morgan fingerprint density at radius 2 is 2.00 bits per heavy atom. The molecule has 0 aromatic carbocycles. The fourth-order valence-corrected chi connectivity index (χ4v) is 1.88. The fourth-order valence-electron chi connectivity index (χ4n) is 1.88. The largest absolute Gasteiger partial charge is 0.327 e. The average Bonchev–Trinajstić information content (AvgIpc) is 2.41. The minimum Gasteiger partial charge on any atom is -0.312 e. The van der Waals surface area contributed by atoms with Gasteiger partial charge in [-0.25, -0.2) is 4.79 Å². The molecule has 0 aliphatic carbocycles. The van der Waals surface area contributed by atoms with Crippen LogP contribution < -0.4 is 0 Å². The molecule has 3 amide bonds. The van der Waals surface area contributed by atoms with Crippen molar-refractivity contribution >= 4 is 18.2 Å². The lowest BCUT2D eigenvalue weighted by atomic mass is 10.0. The van der Waals surface area contributed by atoms with Crippen LogP contribution in [-0.4, -0.2) is 47.2 Å². The van der Waals surface area contributed by atoms with E-state index in [1.807, 2.05) is 20.8 Å². The van der Waals surface area contributed by atoms with E-state index in [0.717, 1.165) is 4.90 Å². The number of urea groups is 1. The van der Waals surface area contributed by atoms with Gasteiger partial charge in [-0.1, -0.05) is 13.8 Å². The first-order chi connectivity index (χ1) is 7.04. The van der Waals surface area contributed by atoms with Gasteiger partial charge in [0, 0.05) is 6.54 Å². The van der Waals surface area contributed by atoms with Gasteiger partial charge < -0.3 is 9.69 Å². The second-order valence-corrected chi connectivity index (χ2v) is 3.87. The smallest absolute Gasteiger partial charge is 0.312 e. The molecule has 1 heterocycles. The Kier molecular flexibility index (Phi) is 3.44. The maximum absolute atomic E-state index is 11.8. The number of hydrogen-bond donors (Lipinski definition) is 0. The van der Waals surface area contributed by atoms with Crippen LogP contribution in [0, 0.1) is 5.92 Å². The molecule has 84 valence electrons. The van der Waals surface area contributed by atoms with Crippen molar-refractivity contribution in [3.05, 3.63) is 0 Å². The molecule has 0 aromatic heterocycles. The molecule has 0 N–H and O–H groups in total. The second-order valence-electron chi connectivity index (χ2n) is 3.87. The minimum absolute atomic E-state index is 0.0676. The molecule has 0 saturated carbocycles. The Morgan fingerprint density at radius 1 is 1.40 bits per heavy atom. The van der Waals surface area contributed by atoms with E-state index in [2.05, 4.69) is 0 Å². The van der Waals surface area contributed by atoms with Gasteiger partial charge in [-0.05, 0) is 12.8 Å². The van der Waals surface area contributed by atoms with Gasteiger partial charge in [0.05, 0.1) is 6.54 Å². The Morgan fingerprint density at radius 3 is 2.33 bits per heavy atom. The van der Waals surface area contributed by atoms with Crippen molar-refractivity contribution in [1.29, 1.82) is 0 Å². The summed E-state index contributed by atoms with van der Waals surface area (Å²) in [6, 6.07) is -0.768. The molecule has 1 aliphatic heterocycles. The fraction of sp³-hybridized carbons (Fsp3) is 0.700. The van der Waals surface area contributed by atoms with Crippen molar-refractivity contribution in [3.63, 3.8) is 0 Å². The normalized spacial score (nSPS) is 21.7. The number of hydrogen-bond acceptors (Lipinski definition) is 3. The number of aldehydes is 1. The highest BCUT2D eigenvalue weighted by molar-refractivity contribution is 6.05. The minimum atomic E-state index is -0.414. The van der Waals surface area contributed by atoms with Gasteiger partial charge in [-0.15, -0.1) is 0 Å². The van der Waals surface area contributed by atoms with Crippen LogP contribution in [0.15, 0.2) is 0 Å². The van der Waals surface area contributed by atoms with Crippen molar-refractivity contribution in [2.24, 2.45) is 5.92 Å². The number of rotatable bonds is 4. The molecule has 0 spiro atoms. The number of likely N-dealkylation sites (N-methyl/N-ethyl adjacent to an activating group) is 1. The van der Waals surface area contributed by atoms with E-state index in [4.69, 9.17) is 0 Å². The highest BCUT2D eigenvalue weighted by atomic mass is 16.2. The van der Waals surface area contributed by atoms with E-state index in [0.29, 0.717) is 12.8 Å². The molecule has 1 aliphatic rings. The van der Waals surface area contributed by atoms with Crippen LogP contribution in [0.25, 0.3) is 0 Å². The van der Waals surface area contributed by atoms with Gasteiger partial charge in [-0.3, -0.25) is 9.69 Å². The maximum Gasteiger partial charge on any atom is 0.327 e. The first-order valence-electron chi connectivity index (χ1n) is 5.10. The Bertz CT molecular complexity index is 288. The van der Waals surface area contributed by atoms with Gasteiger partial charge in [-0.2, -0.15) is 0 Å². The standard InChI is InChI=1S/C10H16N2O3/c1-4-11-8(7(2)3)9(14)12(5-6-13)10(11)15/h6-8H,4-5H2,1-3H3. The number of imide groups is 1. The van der Waals surface area contributed by atoms with E-state index < -0.39 is 6.04 Å². The lowest BCUT2D eigenvalue weighted by Crippen LogP contribution is -2.38. The van der Waals surface area contributed by atoms with Crippen LogP contribution in [0.1, 0.15) is 20.8 Å². The number of carbonyl (C=O) groups is 3. The quantitative estimate of drug-likeness (QED) is 0.503. The first-order valence-corrected chi connectivity index (χ1v) is 5.10. The summed E-state index contributed by atoms with van der Waals surface area (Å²) in [6.07, 6.45) is 0.576. The summed E-state index contributed by atoms with van der Waals surface area (Å²) in [5, 5.41) is 0. The summed E-state index contributed by atoms with van der Waals surface area (Å²) < 4.78 is 0. The van der Waals surface area contributed by atoms with Crippen LogP contribution in [-0.2, 0) is 9.59 Å². The molecular formula is C10H16N2O3. The topological polar surface area (TPSA) is 57.7 Å². The van der Waals surface area contributed by atoms with Crippen LogP contribution in [0.2, 0.25) is 0 Å². The highest BCUT2D eigenvalue weighted by Gasteiger charge is 2.45. The van der Waals surface area contributed by atoms with Crippen molar-refractivity contribution in [3.8, 4) is 0 Å². The van der Waals surface area contributed by atoms with E-state index >= 15 is 0 Å². The van der Waals surface area contributed by atoms with Gasteiger partial charge in [0.25, 0.3) is 5.91 Å². The summed E-state index contributed by atoms with van der Waals surface area (Å²) >= 11 is 0. The van der Waals surface area contributed by atoms with Gasteiger partial charge in [0.1, 0.15) is 12.3 Å². The zero-order valence-electron chi connectivity index (χ0n) is 9.27. The second kappa shape index (κ2) is 4.42. The third kappa shape index (κ3) is 1.86. The summed E-state index contributed by atoms with van der Waals surface area (Å²) in [5.74, 6) is -0.193. The lowest BCUT2D eigenvalue weighted by Gasteiger charge is -2.22. The van der Waals surface area contributed by atoms with Crippen molar-refractivity contribution in [2.75, 3.05) is 13.1 Å². The lowest BCUT2D eigenvalue weighted by molar-refractivity contribution is -0.130. The predicted octanol–water partition coefficient (Wildman–Crippen LogP) is 0.494. The summed E-state index contributed by atoms with van der Waals surface area (Å²) in [7, 11) is 0. The first kappa shape index (κ1) is 11.7. The Hall–Kier alpha value is -1.39.